The maximum atomic E-state index is 12.6. The minimum atomic E-state index is -3.54. The number of fused-ring (bicyclic) bond motifs is 1. The van der Waals surface area contributed by atoms with Crippen molar-refractivity contribution in [3.05, 3.63) is 59.7 Å². The zero-order valence-electron chi connectivity index (χ0n) is 13.4. The monoisotopic (exact) mass is 331 g/mol. The molecule has 0 atom stereocenters. The molecule has 0 aromatic heterocycles. The molecular weight excluding hydrogens is 310 g/mol. The quantitative estimate of drug-likeness (QED) is 0.936. The summed E-state index contributed by atoms with van der Waals surface area (Å²) in [6.07, 6.45) is 0.747. The van der Waals surface area contributed by atoms with Crippen molar-refractivity contribution in [2.45, 2.75) is 13.0 Å². The molecule has 6 heteroatoms. The molecule has 2 aromatic rings. The first-order valence-corrected chi connectivity index (χ1v) is 9.02. The van der Waals surface area contributed by atoms with Gasteiger partial charge in [-0.1, -0.05) is 24.3 Å². The van der Waals surface area contributed by atoms with Gasteiger partial charge in [-0.25, -0.2) is 0 Å². The highest BCUT2D eigenvalue weighted by Crippen LogP contribution is 2.23. The molecule has 0 radical (unpaired) electrons. The van der Waals surface area contributed by atoms with Gasteiger partial charge in [-0.3, -0.25) is 4.72 Å². The van der Waals surface area contributed by atoms with Crippen LogP contribution in [0, 0.1) is 0 Å². The molecule has 1 heterocycles. The van der Waals surface area contributed by atoms with Crippen LogP contribution >= 0.6 is 0 Å². The third kappa shape index (κ3) is 3.48. The maximum absolute atomic E-state index is 12.6. The van der Waals surface area contributed by atoms with E-state index in [2.05, 4.69) is 10.8 Å². The molecule has 0 bridgehead atoms. The fourth-order valence-corrected chi connectivity index (χ4v) is 3.92. The summed E-state index contributed by atoms with van der Waals surface area (Å²) in [6.45, 7) is 0.920. The van der Waals surface area contributed by atoms with E-state index < -0.39 is 10.2 Å². The molecule has 0 saturated heterocycles. The zero-order valence-corrected chi connectivity index (χ0v) is 14.2. The van der Waals surface area contributed by atoms with E-state index in [4.69, 9.17) is 0 Å². The van der Waals surface area contributed by atoms with Gasteiger partial charge < -0.3 is 4.90 Å². The lowest BCUT2D eigenvalue weighted by atomic mass is 10.0. The number of nitrogens with zero attached hydrogens (tertiary/aromatic N) is 2. The summed E-state index contributed by atoms with van der Waals surface area (Å²) >= 11 is 0. The van der Waals surface area contributed by atoms with E-state index in [-0.39, 0.29) is 0 Å². The Hall–Kier alpha value is -2.05. The molecule has 1 N–H and O–H groups in total. The van der Waals surface area contributed by atoms with E-state index in [1.165, 1.54) is 9.87 Å². The molecule has 122 valence electrons. The molecule has 23 heavy (non-hydrogen) atoms. The van der Waals surface area contributed by atoms with Crippen LogP contribution in [0.2, 0.25) is 0 Å². The molecular formula is C17H21N3O2S. The van der Waals surface area contributed by atoms with Gasteiger partial charge >= 0.3 is 10.2 Å². The van der Waals surface area contributed by atoms with Crippen molar-refractivity contribution in [1.29, 1.82) is 0 Å². The molecule has 0 saturated carbocycles. The van der Waals surface area contributed by atoms with Crippen molar-refractivity contribution in [1.82, 2.24) is 4.31 Å². The van der Waals surface area contributed by atoms with Crippen LogP contribution in [0.3, 0.4) is 0 Å². The van der Waals surface area contributed by atoms with Crippen LogP contribution in [-0.4, -0.2) is 33.4 Å². The van der Waals surface area contributed by atoms with Crippen LogP contribution in [0.25, 0.3) is 0 Å². The topological polar surface area (TPSA) is 52.7 Å². The van der Waals surface area contributed by atoms with E-state index in [1.807, 2.05) is 49.3 Å². The summed E-state index contributed by atoms with van der Waals surface area (Å²) in [4.78, 5) is 1.97. The number of anilines is 2. The van der Waals surface area contributed by atoms with E-state index in [9.17, 15) is 8.42 Å². The van der Waals surface area contributed by atoms with Gasteiger partial charge in [0.2, 0.25) is 0 Å². The van der Waals surface area contributed by atoms with Gasteiger partial charge in [-0.15, -0.1) is 0 Å². The van der Waals surface area contributed by atoms with E-state index in [0.29, 0.717) is 18.8 Å². The lowest BCUT2D eigenvalue weighted by Crippen LogP contribution is -2.39. The van der Waals surface area contributed by atoms with Crippen LogP contribution in [-0.2, 0) is 23.2 Å². The zero-order chi connectivity index (χ0) is 16.4. The average molecular weight is 331 g/mol. The molecule has 1 aliphatic heterocycles. The summed E-state index contributed by atoms with van der Waals surface area (Å²) in [7, 11) is 0.355. The summed E-state index contributed by atoms with van der Waals surface area (Å²) < 4.78 is 29.3. The Morgan fingerprint density at radius 2 is 1.65 bits per heavy atom. The summed E-state index contributed by atoms with van der Waals surface area (Å²) in [5.41, 5.74) is 3.91. The summed E-state index contributed by atoms with van der Waals surface area (Å²) in [6, 6.07) is 15.3. The first kappa shape index (κ1) is 15.8. The molecule has 3 rings (SSSR count). The SMILES string of the molecule is CN(C)c1ccc(NS(=O)(=O)N2CCc3ccccc3C2)cc1. The molecule has 1 aliphatic rings. The largest absolute Gasteiger partial charge is 0.378 e. The Balaban J connectivity index is 1.75. The molecule has 0 amide bonds. The predicted octanol–water partition coefficient (Wildman–Crippen LogP) is 2.47. The highest BCUT2D eigenvalue weighted by atomic mass is 32.2. The van der Waals surface area contributed by atoms with Gasteiger partial charge in [-0.2, -0.15) is 12.7 Å². The van der Waals surface area contributed by atoms with Crippen LogP contribution in [0.4, 0.5) is 11.4 Å². The van der Waals surface area contributed by atoms with Crippen LogP contribution in [0.5, 0.6) is 0 Å². The maximum Gasteiger partial charge on any atom is 0.301 e. The minimum absolute atomic E-state index is 0.418. The second kappa shape index (κ2) is 6.22. The van der Waals surface area contributed by atoms with Crippen molar-refractivity contribution in [3.63, 3.8) is 0 Å². The van der Waals surface area contributed by atoms with Crippen LogP contribution < -0.4 is 9.62 Å². The fraction of sp³-hybridized carbons (Fsp3) is 0.294. The van der Waals surface area contributed by atoms with Gasteiger partial charge in [0.05, 0.1) is 0 Å². The Labute approximate surface area is 137 Å². The summed E-state index contributed by atoms with van der Waals surface area (Å²) in [5, 5.41) is 0. The second-order valence-corrected chi connectivity index (χ2v) is 7.57. The number of nitrogens with one attached hydrogen (secondary N) is 1. The first-order valence-electron chi connectivity index (χ1n) is 7.58. The van der Waals surface area contributed by atoms with E-state index >= 15 is 0 Å². The molecule has 0 fully saturated rings. The molecule has 0 aliphatic carbocycles. The number of hydrogen-bond acceptors (Lipinski definition) is 3. The first-order chi connectivity index (χ1) is 11.0. The van der Waals surface area contributed by atoms with Gasteiger partial charge in [-0.05, 0) is 41.8 Å². The number of rotatable bonds is 4. The normalized spacial score (nSPS) is 15.0. The molecule has 0 spiro atoms. The van der Waals surface area contributed by atoms with E-state index in [0.717, 1.165) is 17.7 Å². The molecule has 0 unspecified atom stereocenters. The smallest absolute Gasteiger partial charge is 0.301 e. The van der Waals surface area contributed by atoms with E-state index in [1.54, 1.807) is 12.1 Å². The van der Waals surface area contributed by atoms with Gasteiger partial charge in [0.1, 0.15) is 0 Å². The third-order valence-corrected chi connectivity index (χ3v) is 5.55. The Bertz CT molecular complexity index is 786. The van der Waals surface area contributed by atoms with Crippen molar-refractivity contribution >= 4 is 21.6 Å². The van der Waals surface area contributed by atoms with Crippen LogP contribution in [0.1, 0.15) is 11.1 Å². The second-order valence-electron chi connectivity index (χ2n) is 5.90. The fourth-order valence-electron chi connectivity index (χ4n) is 2.72. The Morgan fingerprint density at radius 3 is 2.30 bits per heavy atom. The van der Waals surface area contributed by atoms with Gasteiger partial charge in [0.25, 0.3) is 0 Å². The number of hydrogen-bond donors (Lipinski definition) is 1. The third-order valence-electron chi connectivity index (χ3n) is 4.07. The highest BCUT2D eigenvalue weighted by Gasteiger charge is 2.26. The van der Waals surface area contributed by atoms with Crippen molar-refractivity contribution in [2.24, 2.45) is 0 Å². The Morgan fingerprint density at radius 1 is 1.00 bits per heavy atom. The Kier molecular flexibility index (Phi) is 4.28. The minimum Gasteiger partial charge on any atom is -0.378 e. The lowest BCUT2D eigenvalue weighted by Gasteiger charge is -2.28. The number of benzene rings is 2. The summed E-state index contributed by atoms with van der Waals surface area (Å²) in [5.74, 6) is 0. The molecule has 2 aromatic carbocycles. The lowest BCUT2D eigenvalue weighted by molar-refractivity contribution is 0.394. The molecule has 5 nitrogen and oxygen atoms in total. The highest BCUT2D eigenvalue weighted by molar-refractivity contribution is 7.90. The van der Waals surface area contributed by atoms with Crippen LogP contribution in [0.15, 0.2) is 48.5 Å². The van der Waals surface area contributed by atoms with Crippen molar-refractivity contribution in [3.8, 4) is 0 Å². The van der Waals surface area contributed by atoms with Gasteiger partial charge in [0.15, 0.2) is 0 Å². The van der Waals surface area contributed by atoms with Crippen molar-refractivity contribution < 1.29 is 8.42 Å². The standard InChI is InChI=1S/C17H21N3O2S/c1-19(2)17-9-7-16(8-10-17)18-23(21,22)20-12-11-14-5-3-4-6-15(14)13-20/h3-10,18H,11-13H2,1-2H3. The average Bonchev–Trinajstić information content (AvgIpc) is 2.54. The predicted molar refractivity (Wildman–Crippen MR) is 93.9 cm³/mol. The van der Waals surface area contributed by atoms with Crippen molar-refractivity contribution in [2.75, 3.05) is 30.3 Å². The van der Waals surface area contributed by atoms with Gasteiger partial charge in [0, 0.05) is 38.6 Å².